The monoisotopic (exact) mass is 586 g/mol. The second kappa shape index (κ2) is 9.92. The van der Waals surface area contributed by atoms with E-state index < -0.39 is 5.97 Å². The largest absolute Gasteiger partial charge is 0.477 e. The van der Waals surface area contributed by atoms with Gasteiger partial charge in [0.25, 0.3) is 5.89 Å². The highest BCUT2D eigenvalue weighted by Gasteiger charge is 2.44. The Morgan fingerprint density at radius 1 is 1.08 bits per heavy atom. The first-order valence-corrected chi connectivity index (χ1v) is 14.5. The van der Waals surface area contributed by atoms with Crippen molar-refractivity contribution in [3.63, 3.8) is 0 Å². The topological polar surface area (TPSA) is 115 Å². The lowest BCUT2D eigenvalue weighted by Gasteiger charge is -2.37. The van der Waals surface area contributed by atoms with Crippen LogP contribution in [0.25, 0.3) is 22.0 Å². The average Bonchev–Trinajstić information content (AvgIpc) is 3.25. The minimum absolute atomic E-state index is 0.0630. The average molecular weight is 587 g/mol. The summed E-state index contributed by atoms with van der Waals surface area (Å²) in [6, 6.07) is 9.60. The summed E-state index contributed by atoms with van der Waals surface area (Å²) >= 11 is 14.1. The molecule has 1 unspecified atom stereocenters. The second-order valence-corrected chi connectivity index (χ2v) is 12.2. The fourth-order valence-corrected chi connectivity index (χ4v) is 7.15. The van der Waals surface area contributed by atoms with Crippen LogP contribution >= 0.6 is 34.5 Å². The Balaban J connectivity index is 1.07. The molecule has 2 bridgehead atoms. The van der Waals surface area contributed by atoms with Crippen LogP contribution in [0.4, 0.5) is 6.01 Å². The van der Waals surface area contributed by atoms with Crippen LogP contribution < -0.4 is 4.90 Å². The first-order chi connectivity index (χ1) is 19.0. The van der Waals surface area contributed by atoms with E-state index in [1.807, 2.05) is 6.07 Å². The summed E-state index contributed by atoms with van der Waals surface area (Å²) in [6.45, 7) is 0.380. The molecule has 202 valence electrons. The number of fused-ring (bicyclic) bond motifs is 2. The van der Waals surface area contributed by atoms with E-state index >= 15 is 0 Å². The number of rotatable bonds is 8. The first kappa shape index (κ1) is 25.1. The van der Waals surface area contributed by atoms with E-state index in [0.29, 0.717) is 50.6 Å². The molecular formula is C27H24Cl2N4O5S. The van der Waals surface area contributed by atoms with Gasteiger partial charge in [-0.15, -0.1) is 16.4 Å². The number of anilines is 1. The van der Waals surface area contributed by atoms with E-state index in [0.717, 1.165) is 61.2 Å². The van der Waals surface area contributed by atoms with Crippen LogP contribution in [-0.4, -0.2) is 44.6 Å². The number of aromatic carboxylic acids is 1. The SMILES string of the molecule is O=C(O)c1ccc(-c2nnc(N3[C@@H]4CC[C@H]3CC(OCc3c(-c5c(Cl)cccc5Cl)noc3C3CC3)C4)o2)s1. The maximum absolute atomic E-state index is 11.2. The van der Waals surface area contributed by atoms with Gasteiger partial charge in [0.05, 0.1) is 27.6 Å². The van der Waals surface area contributed by atoms with E-state index in [4.69, 9.17) is 36.9 Å². The quantitative estimate of drug-likeness (QED) is 0.232. The highest BCUT2D eigenvalue weighted by Crippen LogP contribution is 2.47. The Bertz CT molecular complexity index is 1510. The van der Waals surface area contributed by atoms with Crippen LogP contribution in [0.15, 0.2) is 39.3 Å². The third-order valence-corrected chi connectivity index (χ3v) is 9.47. The summed E-state index contributed by atoms with van der Waals surface area (Å²) in [6.07, 6.45) is 5.93. The number of aromatic nitrogens is 3. The molecule has 1 saturated carbocycles. The van der Waals surface area contributed by atoms with E-state index in [2.05, 4.69) is 20.3 Å². The number of hydrogen-bond donors (Lipinski definition) is 1. The number of nitrogens with zero attached hydrogens (tertiary/aromatic N) is 4. The fraction of sp³-hybridized carbons (Fsp3) is 0.407. The number of ether oxygens (including phenoxy) is 1. The van der Waals surface area contributed by atoms with Crippen LogP contribution in [0.3, 0.4) is 0 Å². The fourth-order valence-electron chi connectivity index (χ4n) is 5.81. The Kier molecular flexibility index (Phi) is 6.38. The molecule has 0 spiro atoms. The lowest BCUT2D eigenvalue weighted by atomic mass is 10.00. The molecule has 7 rings (SSSR count). The van der Waals surface area contributed by atoms with E-state index in [9.17, 15) is 9.90 Å². The molecule has 2 aliphatic heterocycles. The minimum atomic E-state index is -0.969. The molecule has 3 fully saturated rings. The number of carboxylic acids is 1. The Morgan fingerprint density at radius 3 is 2.49 bits per heavy atom. The molecule has 3 aromatic heterocycles. The van der Waals surface area contributed by atoms with Crippen LogP contribution in [0.1, 0.15) is 65.4 Å². The van der Waals surface area contributed by atoms with Crippen molar-refractivity contribution in [2.24, 2.45) is 0 Å². The van der Waals surface area contributed by atoms with Gasteiger partial charge in [-0.1, -0.05) is 39.5 Å². The second-order valence-electron chi connectivity index (χ2n) is 10.3. The van der Waals surface area contributed by atoms with Gasteiger partial charge < -0.3 is 23.7 Å². The number of thiophene rings is 1. The van der Waals surface area contributed by atoms with Gasteiger partial charge in [-0.3, -0.25) is 0 Å². The van der Waals surface area contributed by atoms with Crippen LogP contribution in [0.2, 0.25) is 10.0 Å². The van der Waals surface area contributed by atoms with Gasteiger partial charge in [-0.2, -0.15) is 0 Å². The van der Waals surface area contributed by atoms with Crippen molar-refractivity contribution < 1.29 is 23.6 Å². The Labute approximate surface area is 237 Å². The first-order valence-electron chi connectivity index (χ1n) is 13.0. The summed E-state index contributed by atoms with van der Waals surface area (Å²) in [4.78, 5) is 14.3. The zero-order chi connectivity index (χ0) is 26.7. The molecule has 1 aromatic carbocycles. The van der Waals surface area contributed by atoms with Crippen molar-refractivity contribution in [2.75, 3.05) is 4.90 Å². The van der Waals surface area contributed by atoms with Gasteiger partial charge in [-0.05, 0) is 62.8 Å². The van der Waals surface area contributed by atoms with Crippen molar-refractivity contribution in [1.82, 2.24) is 15.4 Å². The molecule has 2 saturated heterocycles. The molecule has 39 heavy (non-hydrogen) atoms. The summed E-state index contributed by atoms with van der Waals surface area (Å²) in [5.41, 5.74) is 2.27. The molecule has 3 atom stereocenters. The van der Waals surface area contributed by atoms with Crippen molar-refractivity contribution in [3.05, 3.63) is 56.6 Å². The molecule has 0 amide bonds. The lowest BCUT2D eigenvalue weighted by molar-refractivity contribution is 0.0139. The normalized spacial score (nSPS) is 22.5. The standard InChI is InChI=1S/C27H24Cl2N4O5S/c28-18-2-1-3-19(29)22(18)23-17(24(38-32-23)13-4-5-13)12-36-16-10-14-6-7-15(11-16)33(14)27-31-30-25(37-27)20-8-9-21(39-20)26(34)35/h1-3,8-9,13-16H,4-7,10-12H2,(H,34,35)/t14-,15+,16?. The smallest absolute Gasteiger partial charge is 0.345 e. The molecule has 0 radical (unpaired) electrons. The molecular weight excluding hydrogens is 563 g/mol. The number of halogens is 2. The van der Waals surface area contributed by atoms with Gasteiger partial charge >= 0.3 is 12.0 Å². The van der Waals surface area contributed by atoms with Gasteiger partial charge in [0, 0.05) is 29.1 Å². The molecule has 1 N–H and O–H groups in total. The van der Waals surface area contributed by atoms with Gasteiger partial charge in [0.15, 0.2) is 0 Å². The molecule has 4 aromatic rings. The van der Waals surface area contributed by atoms with E-state index in [-0.39, 0.29) is 23.1 Å². The third-order valence-electron chi connectivity index (χ3n) is 7.78. The molecule has 9 nitrogen and oxygen atoms in total. The number of piperidine rings is 1. The number of carbonyl (C=O) groups is 1. The molecule has 1 aliphatic carbocycles. The number of carboxylic acid groups (broad SMARTS) is 1. The van der Waals surface area contributed by atoms with Crippen LogP contribution in [-0.2, 0) is 11.3 Å². The minimum Gasteiger partial charge on any atom is -0.477 e. The highest BCUT2D eigenvalue weighted by molar-refractivity contribution is 7.17. The summed E-state index contributed by atoms with van der Waals surface area (Å²) in [7, 11) is 0. The van der Waals surface area contributed by atoms with E-state index in [1.165, 1.54) is 0 Å². The number of hydrogen-bond acceptors (Lipinski definition) is 9. The summed E-state index contributed by atoms with van der Waals surface area (Å²) < 4.78 is 18.3. The maximum atomic E-state index is 11.2. The van der Waals surface area contributed by atoms with Gasteiger partial charge in [0.1, 0.15) is 16.3 Å². The van der Waals surface area contributed by atoms with Crippen molar-refractivity contribution in [3.8, 4) is 22.0 Å². The summed E-state index contributed by atoms with van der Waals surface area (Å²) in [5.74, 6) is 0.611. The maximum Gasteiger partial charge on any atom is 0.345 e. The lowest BCUT2D eigenvalue weighted by Crippen LogP contribution is -2.45. The molecule has 12 heteroatoms. The summed E-state index contributed by atoms with van der Waals surface area (Å²) in [5, 5.41) is 23.1. The predicted octanol–water partition coefficient (Wildman–Crippen LogP) is 7.05. The zero-order valence-electron chi connectivity index (χ0n) is 20.7. The Hall–Kier alpha value is -2.92. The van der Waals surface area contributed by atoms with Crippen LogP contribution in [0, 0.1) is 0 Å². The van der Waals surface area contributed by atoms with Crippen molar-refractivity contribution >= 4 is 46.5 Å². The third kappa shape index (κ3) is 4.63. The van der Waals surface area contributed by atoms with Crippen molar-refractivity contribution in [2.45, 2.75) is 69.2 Å². The molecule has 3 aliphatic rings. The highest BCUT2D eigenvalue weighted by atomic mass is 35.5. The van der Waals surface area contributed by atoms with Crippen molar-refractivity contribution in [1.29, 1.82) is 0 Å². The Morgan fingerprint density at radius 2 is 1.82 bits per heavy atom. The van der Waals surface area contributed by atoms with Gasteiger partial charge in [0.2, 0.25) is 0 Å². The predicted molar refractivity (Wildman–Crippen MR) is 146 cm³/mol. The zero-order valence-corrected chi connectivity index (χ0v) is 23.0. The van der Waals surface area contributed by atoms with E-state index in [1.54, 1.807) is 24.3 Å². The van der Waals surface area contributed by atoms with Crippen LogP contribution in [0.5, 0.6) is 0 Å². The van der Waals surface area contributed by atoms with Gasteiger partial charge in [-0.25, -0.2) is 4.79 Å². The molecule has 5 heterocycles. The number of benzene rings is 1.